The fourth-order valence-electron chi connectivity index (χ4n) is 5.03. The van der Waals surface area contributed by atoms with Crippen LogP contribution in [-0.4, -0.2) is 70.2 Å². The molecule has 0 bridgehead atoms. The normalized spacial score (nSPS) is 16.8. The first-order valence-corrected chi connectivity index (χ1v) is 18.6. The first kappa shape index (κ1) is 40.4. The maximum atomic E-state index is 14.2. The zero-order valence-electron chi connectivity index (χ0n) is 31.0. The summed E-state index contributed by atoms with van der Waals surface area (Å²) in [4.78, 5) is 53.7. The minimum absolute atomic E-state index is 0.0667. The number of benzene rings is 2. The Morgan fingerprint density at radius 3 is 2.34 bits per heavy atom. The molecule has 12 heteroatoms. The van der Waals surface area contributed by atoms with Gasteiger partial charge in [-0.3, -0.25) is 23.6 Å². The number of carbonyl (C=O) groups is 4. The van der Waals surface area contributed by atoms with Gasteiger partial charge in [0.1, 0.15) is 36.6 Å². The second kappa shape index (κ2) is 17.8. The number of esters is 1. The van der Waals surface area contributed by atoms with Crippen LogP contribution in [-0.2, 0) is 48.1 Å². The topological polar surface area (TPSA) is 135 Å². The van der Waals surface area contributed by atoms with Crippen molar-refractivity contribution in [1.29, 1.82) is 0 Å². The molecule has 50 heavy (non-hydrogen) atoms. The molecule has 3 rings (SSSR count). The fourth-order valence-corrected chi connectivity index (χ4v) is 5.67. The number of ether oxygens (including phenoxy) is 2. The van der Waals surface area contributed by atoms with Crippen molar-refractivity contribution in [1.82, 2.24) is 21.1 Å². The summed E-state index contributed by atoms with van der Waals surface area (Å²) >= 11 is -0.386. The third kappa shape index (κ3) is 12.7. The van der Waals surface area contributed by atoms with Gasteiger partial charge < -0.3 is 20.1 Å². The van der Waals surface area contributed by atoms with E-state index in [1.165, 1.54) is 5.01 Å². The van der Waals surface area contributed by atoms with Crippen LogP contribution >= 0.6 is 0 Å². The van der Waals surface area contributed by atoms with Crippen LogP contribution in [0.5, 0.6) is 5.75 Å². The lowest BCUT2D eigenvalue weighted by atomic mass is 10.0. The Hall–Kier alpha value is -4.03. The number of alkyl carbamates (subject to hydrolysis) is 1. The van der Waals surface area contributed by atoms with E-state index in [9.17, 15) is 19.2 Å². The summed E-state index contributed by atoms with van der Waals surface area (Å²) in [6.07, 6.45) is 4.19. The van der Waals surface area contributed by atoms with E-state index in [1.807, 2.05) is 54.8 Å². The fraction of sp³-hybridized carbons (Fsp3) is 0.526. The molecule has 1 aliphatic rings. The van der Waals surface area contributed by atoms with Crippen molar-refractivity contribution >= 4 is 41.1 Å². The molecule has 3 amide bonds. The first-order chi connectivity index (χ1) is 23.4. The minimum Gasteiger partial charge on any atom is -0.460 e. The monoisotopic (exact) mass is 711 g/mol. The van der Waals surface area contributed by atoms with Gasteiger partial charge in [-0.1, -0.05) is 56.8 Å². The summed E-state index contributed by atoms with van der Waals surface area (Å²) < 4.78 is 17.2. The Labute approximate surface area is 300 Å². The lowest BCUT2D eigenvalue weighted by molar-refractivity contribution is -0.154. The first-order valence-electron chi connectivity index (χ1n) is 17.0. The molecular formula is C38H55N4O7S+. The Balaban J connectivity index is 1.82. The number of hydrogen-bond acceptors (Lipinski definition) is 8. The number of hydrazine groups is 1. The highest BCUT2D eigenvalue weighted by Gasteiger charge is 2.36. The van der Waals surface area contributed by atoms with Gasteiger partial charge in [0.15, 0.2) is 21.7 Å². The maximum absolute atomic E-state index is 14.2. The van der Waals surface area contributed by atoms with Crippen LogP contribution in [0.25, 0.3) is 6.08 Å². The van der Waals surface area contributed by atoms with E-state index in [0.29, 0.717) is 25.1 Å². The van der Waals surface area contributed by atoms with Crippen molar-refractivity contribution in [3.8, 4) is 5.75 Å². The molecule has 2 aromatic carbocycles. The molecule has 2 aromatic rings. The standard InChI is InChI=1S/C38H54N4O7S/c1-11-26-15-12-17-28(21-26)24-47-35(45)30-19-14-20-42(41-30)34(44)31(23-27-16-13-18-29(22-27)49-50(10)38(7,8)9)39-33(43)32(25(2)3)40-36(46)48-37(4,5)6/h11-13,15-18,21-22,25,30-32,41H,1,14,19-20,23-24H2,2-10H3,(H-,39,40,43,46)/p+1/t30-,31-,32-,50?/m0/s1. The molecule has 4 atom stereocenters. The Kier molecular flexibility index (Phi) is 14.3. The predicted octanol–water partition coefficient (Wildman–Crippen LogP) is 5.49. The summed E-state index contributed by atoms with van der Waals surface area (Å²) in [6, 6.07) is 12.2. The molecule has 1 aliphatic heterocycles. The van der Waals surface area contributed by atoms with Gasteiger partial charge in [-0.05, 0) is 95.2 Å². The van der Waals surface area contributed by atoms with Crippen LogP contribution in [0.2, 0.25) is 0 Å². The van der Waals surface area contributed by atoms with Crippen molar-refractivity contribution in [3.63, 3.8) is 0 Å². The van der Waals surface area contributed by atoms with Crippen LogP contribution < -0.4 is 20.2 Å². The van der Waals surface area contributed by atoms with Gasteiger partial charge >= 0.3 is 12.1 Å². The van der Waals surface area contributed by atoms with Crippen LogP contribution in [0.15, 0.2) is 55.1 Å². The maximum Gasteiger partial charge on any atom is 0.408 e. The lowest BCUT2D eigenvalue weighted by Gasteiger charge is -2.35. The molecule has 1 heterocycles. The quantitative estimate of drug-likeness (QED) is 0.184. The smallest absolute Gasteiger partial charge is 0.408 e. The molecule has 274 valence electrons. The lowest BCUT2D eigenvalue weighted by Crippen LogP contribution is -2.62. The number of nitrogens with one attached hydrogen (secondary N) is 3. The van der Waals surface area contributed by atoms with E-state index >= 15 is 0 Å². The number of rotatable bonds is 13. The van der Waals surface area contributed by atoms with E-state index in [1.54, 1.807) is 40.7 Å². The van der Waals surface area contributed by atoms with E-state index in [-0.39, 0.29) is 34.9 Å². The highest BCUT2D eigenvalue weighted by Crippen LogP contribution is 2.24. The summed E-state index contributed by atoms with van der Waals surface area (Å²) in [6.45, 7) is 19.3. The average Bonchev–Trinajstić information content (AvgIpc) is 3.04. The van der Waals surface area contributed by atoms with E-state index in [0.717, 1.165) is 16.7 Å². The second-order valence-electron chi connectivity index (χ2n) is 14.8. The van der Waals surface area contributed by atoms with Gasteiger partial charge in [0.25, 0.3) is 5.91 Å². The molecular weight excluding hydrogens is 657 g/mol. The SMILES string of the molecule is C=Cc1cccc(COC(=O)[C@@H]2CCCN(C(=O)[C@H](Cc3cccc(O[S+](C)C(C)(C)C)c3)NC(=O)[C@@H](NC(=O)OC(C)(C)C)C(C)C)N2)c1. The molecule has 0 aromatic heterocycles. The molecule has 1 saturated heterocycles. The zero-order valence-corrected chi connectivity index (χ0v) is 31.8. The van der Waals surface area contributed by atoms with Gasteiger partial charge in [-0.15, -0.1) is 0 Å². The second-order valence-corrected chi connectivity index (χ2v) is 17.1. The number of nitrogens with zero attached hydrogens (tertiary/aromatic N) is 1. The summed E-state index contributed by atoms with van der Waals surface area (Å²) in [5.74, 6) is -1.09. The van der Waals surface area contributed by atoms with Gasteiger partial charge in [0.2, 0.25) is 5.91 Å². The summed E-state index contributed by atoms with van der Waals surface area (Å²) in [5, 5.41) is 6.94. The summed E-state index contributed by atoms with van der Waals surface area (Å²) in [5.41, 5.74) is 4.80. The number of carbonyl (C=O) groups excluding carboxylic acids is 4. The molecule has 0 spiro atoms. The summed E-state index contributed by atoms with van der Waals surface area (Å²) in [7, 11) is 0. The molecule has 0 aliphatic carbocycles. The van der Waals surface area contributed by atoms with Crippen molar-refractivity contribution in [2.24, 2.45) is 5.92 Å². The molecule has 1 unspecified atom stereocenters. The Morgan fingerprint density at radius 1 is 1.02 bits per heavy atom. The largest absolute Gasteiger partial charge is 0.460 e. The van der Waals surface area contributed by atoms with Crippen molar-refractivity contribution in [3.05, 3.63) is 71.8 Å². The zero-order chi connectivity index (χ0) is 37.2. The Bertz CT molecular complexity index is 1500. The van der Waals surface area contributed by atoms with Crippen molar-refractivity contribution in [2.45, 2.75) is 110 Å². The van der Waals surface area contributed by atoms with Crippen molar-refractivity contribution < 1.29 is 32.8 Å². The third-order valence-electron chi connectivity index (χ3n) is 7.96. The number of amides is 3. The molecule has 0 saturated carbocycles. The predicted molar refractivity (Wildman–Crippen MR) is 198 cm³/mol. The highest BCUT2D eigenvalue weighted by molar-refractivity contribution is 7.93. The minimum atomic E-state index is -1.04. The molecule has 3 N–H and O–H groups in total. The third-order valence-corrected chi connectivity index (χ3v) is 10.1. The van der Waals surface area contributed by atoms with Gasteiger partial charge in [0, 0.05) is 13.0 Å². The van der Waals surface area contributed by atoms with Gasteiger partial charge in [-0.2, -0.15) is 0 Å². The van der Waals surface area contributed by atoms with Crippen molar-refractivity contribution in [2.75, 3.05) is 12.8 Å². The van der Waals surface area contributed by atoms with E-state index in [4.69, 9.17) is 13.7 Å². The Morgan fingerprint density at radius 2 is 1.70 bits per heavy atom. The number of hydrogen-bond donors (Lipinski definition) is 3. The van der Waals surface area contributed by atoms with Gasteiger partial charge in [-0.25, -0.2) is 10.2 Å². The van der Waals surface area contributed by atoms with Crippen LogP contribution in [0.4, 0.5) is 4.79 Å². The van der Waals surface area contributed by atoms with E-state index in [2.05, 4.69) is 43.4 Å². The average molecular weight is 712 g/mol. The molecule has 11 nitrogen and oxygen atoms in total. The molecule has 1 fully saturated rings. The van der Waals surface area contributed by atoms with Crippen LogP contribution in [0.3, 0.4) is 0 Å². The van der Waals surface area contributed by atoms with E-state index < -0.39 is 47.6 Å². The van der Waals surface area contributed by atoms with Gasteiger partial charge in [0.05, 0.1) is 0 Å². The van der Waals surface area contributed by atoms with Crippen LogP contribution in [0, 0.1) is 5.92 Å². The van der Waals surface area contributed by atoms with Crippen LogP contribution in [0.1, 0.15) is 84.9 Å². The highest BCUT2D eigenvalue weighted by atomic mass is 32.2. The molecule has 0 radical (unpaired) electrons.